The zero-order valence-corrected chi connectivity index (χ0v) is 16.0. The Hall–Kier alpha value is -3.37. The maximum absolute atomic E-state index is 12.6. The predicted molar refractivity (Wildman–Crippen MR) is 104 cm³/mol. The van der Waals surface area contributed by atoms with Crippen molar-refractivity contribution in [1.29, 1.82) is 0 Å². The summed E-state index contributed by atoms with van der Waals surface area (Å²) in [5.74, 6) is -3.30. The van der Waals surface area contributed by atoms with E-state index in [1.807, 2.05) is 0 Å². The summed E-state index contributed by atoms with van der Waals surface area (Å²) in [6.07, 6.45) is -1.04. The monoisotopic (exact) mass is 418 g/mol. The third-order valence-electron chi connectivity index (χ3n) is 4.48. The first-order valence-electron chi connectivity index (χ1n) is 8.33. The standard InChI is InChI=1S/C19H18N2O7S/c1-29(26,27)19(20,12-5-3-2-4-6-12)15-9-11-7-8-13(10-14(11)21-15)28-16(17(22)23)18(24)25/h2-10,16,21H,20H2,1H3,(H,22,23)(H,24,25). The van der Waals surface area contributed by atoms with Gasteiger partial charge in [-0.05, 0) is 23.8 Å². The predicted octanol–water partition coefficient (Wildman–Crippen LogP) is 1.29. The number of ether oxygens (including phenoxy) is 1. The number of hydrogen-bond donors (Lipinski definition) is 4. The van der Waals surface area contributed by atoms with Crippen LogP contribution in [0.15, 0.2) is 54.6 Å². The van der Waals surface area contributed by atoms with Crippen LogP contribution in [0.4, 0.5) is 0 Å². The maximum atomic E-state index is 12.6. The molecular formula is C19H18N2O7S. The number of carboxylic acid groups (broad SMARTS) is 2. The highest BCUT2D eigenvalue weighted by Gasteiger charge is 2.41. The van der Waals surface area contributed by atoms with Crippen LogP contribution < -0.4 is 10.5 Å². The van der Waals surface area contributed by atoms with Gasteiger partial charge in [-0.3, -0.25) is 0 Å². The Kier molecular flexibility index (Phi) is 5.07. The number of H-pyrrole nitrogens is 1. The number of aromatic nitrogens is 1. The van der Waals surface area contributed by atoms with Gasteiger partial charge in [0.05, 0.1) is 5.69 Å². The average molecular weight is 418 g/mol. The molecule has 1 atom stereocenters. The zero-order chi connectivity index (χ0) is 21.4. The van der Waals surface area contributed by atoms with Gasteiger partial charge in [0, 0.05) is 23.2 Å². The van der Waals surface area contributed by atoms with Crippen molar-refractivity contribution < 1.29 is 33.0 Å². The van der Waals surface area contributed by atoms with Crippen LogP contribution in [0.1, 0.15) is 11.3 Å². The minimum atomic E-state index is -3.81. The summed E-state index contributed by atoms with van der Waals surface area (Å²) in [4.78, 5) is 23.1. The quantitative estimate of drug-likeness (QED) is 0.418. The molecule has 2 aromatic carbocycles. The first-order valence-corrected chi connectivity index (χ1v) is 10.2. The number of fused-ring (bicyclic) bond motifs is 1. The van der Waals surface area contributed by atoms with Crippen LogP contribution in [0.3, 0.4) is 0 Å². The highest BCUT2D eigenvalue weighted by atomic mass is 32.2. The van der Waals surface area contributed by atoms with Gasteiger partial charge in [0.15, 0.2) is 14.7 Å². The van der Waals surface area contributed by atoms with Crippen LogP contribution in [-0.2, 0) is 24.3 Å². The summed E-state index contributed by atoms with van der Waals surface area (Å²) >= 11 is 0. The van der Waals surface area contributed by atoms with Crippen LogP contribution in [0, 0.1) is 0 Å². The van der Waals surface area contributed by atoms with Crippen molar-refractivity contribution in [2.24, 2.45) is 5.73 Å². The minimum absolute atomic E-state index is 0.0117. The molecule has 0 aliphatic heterocycles. The molecule has 152 valence electrons. The molecule has 29 heavy (non-hydrogen) atoms. The molecule has 5 N–H and O–H groups in total. The van der Waals surface area contributed by atoms with Crippen molar-refractivity contribution in [2.45, 2.75) is 11.0 Å². The first-order chi connectivity index (χ1) is 13.5. The third-order valence-corrected chi connectivity index (χ3v) is 6.11. The average Bonchev–Trinajstić information content (AvgIpc) is 3.08. The minimum Gasteiger partial charge on any atom is -0.478 e. The van der Waals surface area contributed by atoms with E-state index in [0.29, 0.717) is 16.5 Å². The van der Waals surface area contributed by atoms with Crippen molar-refractivity contribution in [2.75, 3.05) is 6.26 Å². The van der Waals surface area contributed by atoms with Gasteiger partial charge in [-0.1, -0.05) is 30.3 Å². The van der Waals surface area contributed by atoms with E-state index >= 15 is 0 Å². The summed E-state index contributed by atoms with van der Waals surface area (Å²) in [6, 6.07) is 14.2. The Balaban J connectivity index is 2.09. The molecule has 0 fully saturated rings. The molecule has 3 aromatic rings. The summed E-state index contributed by atoms with van der Waals surface area (Å²) in [5.41, 5.74) is 7.34. The SMILES string of the molecule is CS(=O)(=O)C(N)(c1ccccc1)c1cc2ccc(OC(C(=O)O)C(=O)O)cc2[nH]1. The molecule has 10 heteroatoms. The van der Waals surface area contributed by atoms with Crippen LogP contribution in [0.2, 0.25) is 0 Å². The third kappa shape index (κ3) is 3.67. The molecule has 0 saturated carbocycles. The van der Waals surface area contributed by atoms with Crippen LogP contribution >= 0.6 is 0 Å². The molecule has 0 aliphatic rings. The van der Waals surface area contributed by atoms with Gasteiger partial charge in [0.2, 0.25) is 0 Å². The molecule has 1 aromatic heterocycles. The normalized spacial score (nSPS) is 13.9. The van der Waals surface area contributed by atoms with Crippen LogP contribution in [0.5, 0.6) is 5.75 Å². The highest BCUT2D eigenvalue weighted by molar-refractivity contribution is 7.91. The number of sulfone groups is 1. The van der Waals surface area contributed by atoms with Crippen molar-refractivity contribution in [3.63, 3.8) is 0 Å². The number of nitrogens with one attached hydrogen (secondary N) is 1. The maximum Gasteiger partial charge on any atom is 0.356 e. The molecular weight excluding hydrogens is 400 g/mol. The largest absolute Gasteiger partial charge is 0.478 e. The van der Waals surface area contributed by atoms with Crippen LogP contribution in [0.25, 0.3) is 10.9 Å². The number of hydrogen-bond acceptors (Lipinski definition) is 6. The lowest BCUT2D eigenvalue weighted by atomic mass is 10.0. The van der Waals surface area contributed by atoms with E-state index in [-0.39, 0.29) is 11.4 Å². The van der Waals surface area contributed by atoms with Gasteiger partial charge in [0.25, 0.3) is 6.10 Å². The topological polar surface area (TPSA) is 160 Å². The zero-order valence-electron chi connectivity index (χ0n) is 15.2. The Labute approximate surface area is 165 Å². The first kappa shape index (κ1) is 20.4. The van der Waals surface area contributed by atoms with E-state index < -0.39 is 32.8 Å². The smallest absolute Gasteiger partial charge is 0.356 e. The Bertz CT molecular complexity index is 1170. The summed E-state index contributed by atoms with van der Waals surface area (Å²) in [7, 11) is -3.81. The lowest BCUT2D eigenvalue weighted by Gasteiger charge is -2.27. The van der Waals surface area contributed by atoms with Crippen molar-refractivity contribution in [1.82, 2.24) is 4.98 Å². The van der Waals surface area contributed by atoms with Gasteiger partial charge in [-0.15, -0.1) is 0 Å². The molecule has 0 aliphatic carbocycles. The van der Waals surface area contributed by atoms with Crippen molar-refractivity contribution >= 4 is 32.7 Å². The van der Waals surface area contributed by atoms with Gasteiger partial charge in [-0.2, -0.15) is 0 Å². The van der Waals surface area contributed by atoms with E-state index in [2.05, 4.69) is 4.98 Å². The fourth-order valence-corrected chi connectivity index (χ4v) is 4.05. The van der Waals surface area contributed by atoms with Gasteiger partial charge in [-0.25, -0.2) is 18.0 Å². The fraction of sp³-hybridized carbons (Fsp3) is 0.158. The second-order valence-corrected chi connectivity index (χ2v) is 8.67. The van der Waals surface area contributed by atoms with Gasteiger partial charge in [0.1, 0.15) is 5.75 Å². The Morgan fingerprint density at radius 2 is 1.69 bits per heavy atom. The molecule has 0 radical (unpaired) electrons. The molecule has 3 rings (SSSR count). The van der Waals surface area contributed by atoms with Crippen LogP contribution in [-0.4, -0.2) is 47.9 Å². The Morgan fingerprint density at radius 1 is 1.07 bits per heavy atom. The van der Waals surface area contributed by atoms with E-state index in [1.54, 1.807) is 42.5 Å². The second kappa shape index (κ2) is 7.22. The highest BCUT2D eigenvalue weighted by Crippen LogP contribution is 2.34. The second-order valence-electron chi connectivity index (χ2n) is 6.48. The summed E-state index contributed by atoms with van der Waals surface area (Å²) in [5, 5.41) is 18.5. The lowest BCUT2D eigenvalue weighted by Crippen LogP contribution is -2.45. The Morgan fingerprint density at radius 3 is 2.24 bits per heavy atom. The molecule has 0 spiro atoms. The van der Waals surface area contributed by atoms with Crippen molar-refractivity contribution in [3.8, 4) is 5.75 Å². The molecule has 9 nitrogen and oxygen atoms in total. The number of benzene rings is 2. The molecule has 1 unspecified atom stereocenters. The molecule has 0 amide bonds. The number of aliphatic carboxylic acids is 2. The van der Waals surface area contributed by atoms with Gasteiger partial charge < -0.3 is 25.7 Å². The summed E-state index contributed by atoms with van der Waals surface area (Å²) < 4.78 is 30.2. The van der Waals surface area contributed by atoms with E-state index in [1.165, 1.54) is 12.1 Å². The molecule has 0 bridgehead atoms. The number of carboxylic acids is 2. The van der Waals surface area contributed by atoms with Gasteiger partial charge >= 0.3 is 11.9 Å². The van der Waals surface area contributed by atoms with E-state index in [9.17, 15) is 18.0 Å². The van der Waals surface area contributed by atoms with Crippen molar-refractivity contribution in [3.05, 3.63) is 65.9 Å². The molecule has 0 saturated heterocycles. The fourth-order valence-electron chi connectivity index (χ4n) is 2.98. The van der Waals surface area contributed by atoms with E-state index in [0.717, 1.165) is 6.26 Å². The lowest BCUT2D eigenvalue weighted by molar-refractivity contribution is -0.159. The number of nitrogens with two attached hydrogens (primary N) is 1. The summed E-state index contributed by atoms with van der Waals surface area (Å²) in [6.45, 7) is 0. The number of carbonyl (C=O) groups is 2. The van der Waals surface area contributed by atoms with E-state index in [4.69, 9.17) is 20.7 Å². The number of rotatable bonds is 7. The number of aromatic amines is 1. The molecule has 1 heterocycles.